The Morgan fingerprint density at radius 3 is 2.37 bits per heavy atom. The molecule has 2 unspecified atom stereocenters. The molecule has 0 saturated carbocycles. The lowest BCUT2D eigenvalue weighted by molar-refractivity contribution is 0.0374. The number of hydrogen-bond acceptors (Lipinski definition) is 3. The van der Waals surface area contributed by atoms with Gasteiger partial charge >= 0.3 is 0 Å². The van der Waals surface area contributed by atoms with Gasteiger partial charge in [-0.2, -0.15) is 0 Å². The monoisotopic (exact) mass is 374 g/mol. The molecule has 1 aliphatic rings. The third kappa shape index (κ3) is 6.82. The molecule has 152 valence electrons. The average molecular weight is 375 g/mol. The first-order valence-electron chi connectivity index (χ1n) is 10.4. The van der Waals surface area contributed by atoms with Crippen molar-refractivity contribution < 1.29 is 4.74 Å². The van der Waals surface area contributed by atoms with Crippen LogP contribution in [0.25, 0.3) is 0 Å². The summed E-state index contributed by atoms with van der Waals surface area (Å²) in [5.41, 5.74) is 1.28. The molecule has 5 heteroatoms. The second-order valence-corrected chi connectivity index (χ2v) is 8.04. The second-order valence-electron chi connectivity index (χ2n) is 8.04. The molecule has 1 fully saturated rings. The van der Waals surface area contributed by atoms with Crippen molar-refractivity contribution >= 4 is 5.96 Å². The van der Waals surface area contributed by atoms with E-state index in [9.17, 15) is 0 Å². The summed E-state index contributed by atoms with van der Waals surface area (Å²) in [6, 6.07) is 11.3. The fourth-order valence-electron chi connectivity index (χ4n) is 3.33. The maximum absolute atomic E-state index is 5.64. The first-order chi connectivity index (χ1) is 13.0. The van der Waals surface area contributed by atoms with Gasteiger partial charge in [0.1, 0.15) is 0 Å². The van der Waals surface area contributed by atoms with Gasteiger partial charge in [0.25, 0.3) is 0 Å². The van der Waals surface area contributed by atoms with E-state index < -0.39 is 0 Å². The molecule has 1 aliphatic heterocycles. The molecule has 0 spiro atoms. The SMILES string of the molecule is CCNC(=NCC1(NC(C)c2ccccc2)CCOCC1)NC(C)C(C)C. The van der Waals surface area contributed by atoms with Gasteiger partial charge in [0.05, 0.1) is 6.54 Å². The van der Waals surface area contributed by atoms with Gasteiger partial charge in [-0.3, -0.25) is 4.99 Å². The average Bonchev–Trinajstić information content (AvgIpc) is 2.67. The summed E-state index contributed by atoms with van der Waals surface area (Å²) in [7, 11) is 0. The summed E-state index contributed by atoms with van der Waals surface area (Å²) in [5, 5.41) is 10.8. The summed E-state index contributed by atoms with van der Waals surface area (Å²) >= 11 is 0. The molecular formula is C22H38N4O. The largest absolute Gasteiger partial charge is 0.381 e. The zero-order chi connectivity index (χ0) is 19.7. The maximum atomic E-state index is 5.64. The van der Waals surface area contributed by atoms with Gasteiger partial charge in [0, 0.05) is 37.4 Å². The van der Waals surface area contributed by atoms with Crippen molar-refractivity contribution in [3.05, 3.63) is 35.9 Å². The Kier molecular flexibility index (Phi) is 8.58. The van der Waals surface area contributed by atoms with Crippen molar-refractivity contribution in [1.82, 2.24) is 16.0 Å². The minimum atomic E-state index is -0.0308. The highest BCUT2D eigenvalue weighted by molar-refractivity contribution is 5.80. The molecule has 0 aromatic heterocycles. The summed E-state index contributed by atoms with van der Waals surface area (Å²) < 4.78 is 5.64. The number of hydrogen-bond donors (Lipinski definition) is 3. The number of nitrogens with zero attached hydrogens (tertiary/aromatic N) is 1. The molecule has 27 heavy (non-hydrogen) atoms. The van der Waals surface area contributed by atoms with Gasteiger partial charge in [0.2, 0.25) is 0 Å². The number of benzene rings is 1. The molecule has 0 aliphatic carbocycles. The molecule has 1 aromatic carbocycles. The molecule has 0 bridgehead atoms. The Morgan fingerprint density at radius 1 is 1.11 bits per heavy atom. The smallest absolute Gasteiger partial charge is 0.191 e. The third-order valence-electron chi connectivity index (χ3n) is 5.52. The lowest BCUT2D eigenvalue weighted by atomic mass is 9.88. The predicted molar refractivity (Wildman–Crippen MR) is 114 cm³/mol. The summed E-state index contributed by atoms with van der Waals surface area (Å²) in [6.07, 6.45) is 1.96. The number of nitrogens with one attached hydrogen (secondary N) is 3. The van der Waals surface area contributed by atoms with Crippen LogP contribution in [0.5, 0.6) is 0 Å². The number of aliphatic imine (C=N–C) groups is 1. The van der Waals surface area contributed by atoms with E-state index in [0.29, 0.717) is 12.0 Å². The van der Waals surface area contributed by atoms with Gasteiger partial charge in [0.15, 0.2) is 5.96 Å². The zero-order valence-electron chi connectivity index (χ0n) is 17.7. The number of guanidine groups is 1. The summed E-state index contributed by atoms with van der Waals surface area (Å²) in [4.78, 5) is 4.95. The standard InChI is InChI=1S/C22H38N4O/c1-6-23-21(25-18(4)17(2)3)24-16-22(12-14-27-15-13-22)26-19(5)20-10-8-7-9-11-20/h7-11,17-19,26H,6,12-16H2,1-5H3,(H2,23,24,25). The third-order valence-corrected chi connectivity index (χ3v) is 5.52. The van der Waals surface area contributed by atoms with Gasteiger partial charge in [-0.15, -0.1) is 0 Å². The Balaban J connectivity index is 2.11. The minimum absolute atomic E-state index is 0.0308. The van der Waals surface area contributed by atoms with Crippen molar-refractivity contribution in [1.29, 1.82) is 0 Å². The summed E-state index contributed by atoms with van der Waals surface area (Å²) in [5.74, 6) is 1.46. The highest BCUT2D eigenvalue weighted by Crippen LogP contribution is 2.26. The minimum Gasteiger partial charge on any atom is -0.381 e. The summed E-state index contributed by atoms with van der Waals surface area (Å²) in [6.45, 7) is 14.2. The van der Waals surface area contributed by atoms with Crippen molar-refractivity contribution in [2.45, 2.75) is 65.1 Å². The van der Waals surface area contributed by atoms with E-state index in [2.05, 4.69) is 80.9 Å². The Bertz CT molecular complexity index is 567. The van der Waals surface area contributed by atoms with Crippen molar-refractivity contribution in [2.24, 2.45) is 10.9 Å². The number of ether oxygens (including phenoxy) is 1. The van der Waals surface area contributed by atoms with E-state index >= 15 is 0 Å². The first kappa shape index (κ1) is 21.7. The van der Waals surface area contributed by atoms with Crippen LogP contribution in [-0.4, -0.2) is 43.8 Å². The lowest BCUT2D eigenvalue weighted by Gasteiger charge is -2.39. The van der Waals surface area contributed by atoms with Crippen LogP contribution in [0.1, 0.15) is 59.1 Å². The van der Waals surface area contributed by atoms with E-state index in [-0.39, 0.29) is 11.6 Å². The van der Waals surface area contributed by atoms with Gasteiger partial charge in [-0.1, -0.05) is 44.2 Å². The Labute approximate surface area is 165 Å². The van der Waals surface area contributed by atoms with Crippen LogP contribution in [-0.2, 0) is 4.74 Å². The highest BCUT2D eigenvalue weighted by Gasteiger charge is 2.34. The van der Waals surface area contributed by atoms with Crippen LogP contribution in [0, 0.1) is 5.92 Å². The molecule has 5 nitrogen and oxygen atoms in total. The van der Waals surface area contributed by atoms with Crippen LogP contribution < -0.4 is 16.0 Å². The molecule has 1 aromatic rings. The predicted octanol–water partition coefficient (Wildman–Crippen LogP) is 3.49. The molecule has 2 atom stereocenters. The zero-order valence-corrected chi connectivity index (χ0v) is 17.7. The second kappa shape index (κ2) is 10.7. The molecule has 1 saturated heterocycles. The van der Waals surface area contributed by atoms with Crippen LogP contribution in [0.3, 0.4) is 0 Å². The van der Waals surface area contributed by atoms with Crippen LogP contribution in [0.2, 0.25) is 0 Å². The fourth-order valence-corrected chi connectivity index (χ4v) is 3.33. The van der Waals surface area contributed by atoms with Crippen molar-refractivity contribution in [3.63, 3.8) is 0 Å². The topological polar surface area (TPSA) is 57.7 Å². The van der Waals surface area contributed by atoms with Crippen LogP contribution >= 0.6 is 0 Å². The number of rotatable bonds is 8. The van der Waals surface area contributed by atoms with Gasteiger partial charge in [-0.05, 0) is 45.1 Å². The van der Waals surface area contributed by atoms with Gasteiger partial charge < -0.3 is 20.7 Å². The van der Waals surface area contributed by atoms with Crippen molar-refractivity contribution in [3.8, 4) is 0 Å². The Morgan fingerprint density at radius 2 is 1.78 bits per heavy atom. The molecular weight excluding hydrogens is 336 g/mol. The van der Waals surface area contributed by atoms with Crippen LogP contribution in [0.15, 0.2) is 35.3 Å². The Hall–Kier alpha value is -1.59. The van der Waals surface area contributed by atoms with E-state index in [1.807, 2.05) is 0 Å². The molecule has 0 amide bonds. The van der Waals surface area contributed by atoms with E-state index in [4.69, 9.17) is 9.73 Å². The quantitative estimate of drug-likeness (QED) is 0.482. The molecule has 2 rings (SSSR count). The van der Waals surface area contributed by atoms with Crippen LogP contribution in [0.4, 0.5) is 0 Å². The fraction of sp³-hybridized carbons (Fsp3) is 0.682. The molecule has 0 radical (unpaired) electrons. The van der Waals surface area contributed by atoms with E-state index in [1.54, 1.807) is 0 Å². The maximum Gasteiger partial charge on any atom is 0.191 e. The molecule has 1 heterocycles. The van der Waals surface area contributed by atoms with E-state index in [0.717, 1.165) is 45.1 Å². The molecule has 3 N–H and O–H groups in total. The first-order valence-corrected chi connectivity index (χ1v) is 10.4. The normalized spacial score (nSPS) is 19.6. The van der Waals surface area contributed by atoms with Gasteiger partial charge in [-0.25, -0.2) is 0 Å². The lowest BCUT2D eigenvalue weighted by Crippen LogP contribution is -2.53. The van der Waals surface area contributed by atoms with Crippen molar-refractivity contribution in [2.75, 3.05) is 26.3 Å². The highest BCUT2D eigenvalue weighted by atomic mass is 16.5. The van der Waals surface area contributed by atoms with E-state index in [1.165, 1.54) is 5.56 Å².